The Kier molecular flexibility index (Phi) is 11.2. The van der Waals surface area contributed by atoms with Crippen LogP contribution in [0.5, 0.6) is 0 Å². The van der Waals surface area contributed by atoms with Crippen molar-refractivity contribution in [2.24, 2.45) is 18.4 Å². The number of benzene rings is 3. The van der Waals surface area contributed by atoms with Gasteiger partial charge in [0.15, 0.2) is 33.1 Å². The van der Waals surface area contributed by atoms with E-state index in [2.05, 4.69) is 4.98 Å². The molecule has 1 unspecified atom stereocenters. The number of aromatic nitrogens is 4. The van der Waals surface area contributed by atoms with Gasteiger partial charge in [0.05, 0.1) is 46.8 Å². The first-order chi connectivity index (χ1) is 25.6. The van der Waals surface area contributed by atoms with E-state index >= 15 is 13.2 Å². The number of halogens is 3. The maximum absolute atomic E-state index is 15.8. The summed E-state index contributed by atoms with van der Waals surface area (Å²) in [4.78, 5) is 20.4. The average molecular weight is 781 g/mol. The molecule has 5 aromatic rings. The third-order valence-corrected chi connectivity index (χ3v) is 12.9. The van der Waals surface area contributed by atoms with E-state index in [0.29, 0.717) is 41.8 Å². The minimum atomic E-state index is -3.84. The Morgan fingerprint density at radius 1 is 1.06 bits per heavy atom. The van der Waals surface area contributed by atoms with Crippen LogP contribution >= 0.6 is 11.8 Å². The Hall–Kier alpha value is -4.40. The van der Waals surface area contributed by atoms with E-state index < -0.39 is 44.0 Å². The Morgan fingerprint density at radius 3 is 2.57 bits per heavy atom. The van der Waals surface area contributed by atoms with Gasteiger partial charge in [0.2, 0.25) is 0 Å². The van der Waals surface area contributed by atoms with E-state index in [1.165, 1.54) is 49.4 Å². The predicted octanol–water partition coefficient (Wildman–Crippen LogP) is 8.41. The number of carbonyl (C=O) groups excluding carboxylic acids is 1. The molecule has 2 atom stereocenters. The lowest BCUT2D eigenvalue weighted by Gasteiger charge is -2.30. The van der Waals surface area contributed by atoms with Crippen molar-refractivity contribution in [3.8, 4) is 11.4 Å². The van der Waals surface area contributed by atoms with E-state index in [9.17, 15) is 13.2 Å². The number of nitrogens with one attached hydrogen (secondary N) is 1. The number of aryl methyl sites for hydroxylation is 1. The van der Waals surface area contributed by atoms with Gasteiger partial charge >= 0.3 is 5.97 Å². The van der Waals surface area contributed by atoms with E-state index in [-0.39, 0.29) is 45.7 Å². The number of rotatable bonds is 6. The zero-order valence-electron chi connectivity index (χ0n) is 31.0. The molecule has 2 aromatic heterocycles. The molecule has 9 nitrogen and oxygen atoms in total. The molecule has 1 aliphatic rings. The van der Waals surface area contributed by atoms with Crippen LogP contribution in [0.15, 0.2) is 69.9 Å². The fraction of sp³-hybridized carbons (Fsp3) is 0.375. The second kappa shape index (κ2) is 15.4. The van der Waals surface area contributed by atoms with Crippen molar-refractivity contribution in [2.45, 2.75) is 61.7 Å². The molecule has 0 fully saturated rings. The Bertz CT molecular complexity index is 2350. The van der Waals surface area contributed by atoms with Crippen molar-refractivity contribution >= 4 is 44.5 Å². The number of sulfone groups is 1. The topological polar surface area (TPSA) is 116 Å². The van der Waals surface area contributed by atoms with Gasteiger partial charge in [-0.15, -0.1) is 0 Å². The molecular formula is C40H43F3N4O5S2. The lowest BCUT2D eigenvalue weighted by molar-refractivity contribution is -0.147. The maximum atomic E-state index is 15.8. The van der Waals surface area contributed by atoms with Crippen LogP contribution in [0.3, 0.4) is 0 Å². The van der Waals surface area contributed by atoms with Crippen LogP contribution in [0.4, 0.5) is 13.2 Å². The molecule has 0 radical (unpaired) electrons. The Labute approximate surface area is 317 Å². The number of hydrogen-bond donors (Lipinski definition) is 1. The fourth-order valence-electron chi connectivity index (χ4n) is 7.25. The third-order valence-electron chi connectivity index (χ3n) is 10.1. The highest BCUT2D eigenvalue weighted by molar-refractivity contribution is 7.99. The highest BCUT2D eigenvalue weighted by atomic mass is 32.2. The van der Waals surface area contributed by atoms with Gasteiger partial charge in [0.1, 0.15) is 5.82 Å². The van der Waals surface area contributed by atoms with Crippen molar-refractivity contribution < 1.29 is 35.9 Å². The van der Waals surface area contributed by atoms with Gasteiger partial charge in [-0.2, -0.15) is 5.10 Å². The summed E-state index contributed by atoms with van der Waals surface area (Å²) in [5.74, 6) is -3.30. The quantitative estimate of drug-likeness (QED) is 0.171. The van der Waals surface area contributed by atoms with Crippen LogP contribution in [0.1, 0.15) is 62.5 Å². The van der Waals surface area contributed by atoms with Gasteiger partial charge in [-0.3, -0.25) is 4.79 Å². The molecule has 54 heavy (non-hydrogen) atoms. The lowest BCUT2D eigenvalue weighted by atomic mass is 9.75. The van der Waals surface area contributed by atoms with Crippen molar-refractivity contribution in [2.75, 3.05) is 26.6 Å². The first-order valence-electron chi connectivity index (χ1n) is 17.5. The van der Waals surface area contributed by atoms with Gasteiger partial charge in [-0.1, -0.05) is 56.3 Å². The normalized spacial score (nSPS) is 19.7. The molecule has 286 valence electrons. The molecule has 1 N–H and O–H groups in total. The number of esters is 1. The van der Waals surface area contributed by atoms with Crippen LogP contribution in [-0.4, -0.2) is 60.7 Å². The standard InChI is InChI=1S/C40H43F3N4O5S2/c1-39(2)15-8-16-40(3,26-10-7-9-24(20-26)19-25(22-51-5)37(48)52-6)38-45-36(47(4)46-38)30-21-27(11-12-31(30)41)53-35-29(14-18-54(49,50)23-39)28-13-17-44-34(28)32(42)33(35)43/h7,9-14,17-18,20-21,25,44H,8,15-16,19,22-23H2,1-6H3/b18-14+/t25?,40-/m1/s1. The Balaban J connectivity index is 1.51. The monoisotopic (exact) mass is 780 g/mol. The molecule has 0 aliphatic carbocycles. The highest BCUT2D eigenvalue weighted by Crippen LogP contribution is 2.42. The summed E-state index contributed by atoms with van der Waals surface area (Å²) in [6.07, 6.45) is 4.74. The van der Waals surface area contributed by atoms with Crippen LogP contribution in [0.2, 0.25) is 0 Å². The number of aromatic amines is 1. The molecule has 1 aliphatic heterocycles. The summed E-state index contributed by atoms with van der Waals surface area (Å²) in [7, 11) is 0.694. The van der Waals surface area contributed by atoms with Crippen molar-refractivity contribution in [3.05, 3.63) is 100 Å². The first kappa shape index (κ1) is 39.3. The Morgan fingerprint density at radius 2 is 1.83 bits per heavy atom. The third kappa shape index (κ3) is 8.01. The molecule has 0 spiro atoms. The number of methoxy groups -OCH3 is 2. The van der Waals surface area contributed by atoms with Gasteiger partial charge in [-0.25, -0.2) is 31.3 Å². The van der Waals surface area contributed by atoms with Gasteiger partial charge in [0, 0.05) is 41.6 Å². The molecule has 3 heterocycles. The highest BCUT2D eigenvalue weighted by Gasteiger charge is 2.36. The average Bonchev–Trinajstić information content (AvgIpc) is 3.77. The maximum Gasteiger partial charge on any atom is 0.311 e. The zero-order valence-corrected chi connectivity index (χ0v) is 32.6. The molecule has 4 bridgehead atoms. The van der Waals surface area contributed by atoms with Crippen LogP contribution in [0.25, 0.3) is 28.4 Å². The summed E-state index contributed by atoms with van der Waals surface area (Å²) < 4.78 is 86.0. The largest absolute Gasteiger partial charge is 0.469 e. The number of hydrogen-bond acceptors (Lipinski definition) is 8. The second-order valence-corrected chi connectivity index (χ2v) is 17.8. The number of ether oxygens (including phenoxy) is 2. The fourth-order valence-corrected chi connectivity index (χ4v) is 9.94. The molecule has 0 saturated carbocycles. The molecule has 3 aromatic carbocycles. The molecular weight excluding hydrogens is 738 g/mol. The van der Waals surface area contributed by atoms with Gasteiger partial charge < -0.3 is 14.5 Å². The minimum Gasteiger partial charge on any atom is -0.469 e. The summed E-state index contributed by atoms with van der Waals surface area (Å²) in [5.41, 5.74) is 0.408. The zero-order chi connectivity index (χ0) is 39.0. The van der Waals surface area contributed by atoms with E-state index in [1.54, 1.807) is 13.1 Å². The van der Waals surface area contributed by atoms with Crippen LogP contribution < -0.4 is 0 Å². The number of nitrogens with zero attached hydrogens (tertiary/aromatic N) is 3. The van der Waals surface area contributed by atoms with E-state index in [4.69, 9.17) is 19.6 Å². The number of H-pyrrole nitrogens is 1. The summed E-state index contributed by atoms with van der Waals surface area (Å²) >= 11 is 0.858. The van der Waals surface area contributed by atoms with Gasteiger partial charge in [-0.05, 0) is 73.1 Å². The summed E-state index contributed by atoms with van der Waals surface area (Å²) in [6.45, 7) is 5.95. The van der Waals surface area contributed by atoms with Crippen molar-refractivity contribution in [1.82, 2.24) is 19.7 Å². The lowest BCUT2D eigenvalue weighted by Crippen LogP contribution is -2.28. The van der Waals surface area contributed by atoms with Crippen molar-refractivity contribution in [3.63, 3.8) is 0 Å². The van der Waals surface area contributed by atoms with E-state index in [0.717, 1.165) is 28.3 Å². The smallest absolute Gasteiger partial charge is 0.311 e. The second-order valence-electron chi connectivity index (χ2n) is 14.8. The number of carbonyl (C=O) groups is 1. The SMILES string of the molecule is COCC(Cc1cccc([C@@]2(C)CCCC(C)(C)CS(=O)(=O)/C=C/c3c(c(F)c(F)c4[nH]ccc34)Sc3ccc(F)c(c3)-c3nc2nn3C)c1)C(=O)OC. The molecule has 6 rings (SSSR count). The van der Waals surface area contributed by atoms with Crippen molar-refractivity contribution in [1.29, 1.82) is 0 Å². The minimum absolute atomic E-state index is 0.0883. The van der Waals surface area contributed by atoms with Gasteiger partial charge in [0.25, 0.3) is 0 Å². The predicted molar refractivity (Wildman–Crippen MR) is 203 cm³/mol. The summed E-state index contributed by atoms with van der Waals surface area (Å²) in [6, 6.07) is 13.5. The number of fused-ring (bicyclic) bond motifs is 8. The van der Waals surface area contributed by atoms with Crippen LogP contribution in [-0.2, 0) is 43.0 Å². The molecule has 14 heteroatoms. The van der Waals surface area contributed by atoms with E-state index in [1.807, 2.05) is 45.0 Å². The molecule has 0 saturated heterocycles. The first-order valence-corrected chi connectivity index (χ1v) is 20.0. The molecule has 0 amide bonds. The van der Waals surface area contributed by atoms with Crippen LogP contribution in [0, 0.1) is 28.8 Å². The summed E-state index contributed by atoms with van der Waals surface area (Å²) in [5, 5.41) is 6.19.